The van der Waals surface area contributed by atoms with Crippen molar-refractivity contribution in [3.63, 3.8) is 0 Å². The van der Waals surface area contributed by atoms with Crippen molar-refractivity contribution in [2.45, 2.75) is 157 Å². The molecule has 0 saturated heterocycles. The van der Waals surface area contributed by atoms with Crippen molar-refractivity contribution in [3.05, 3.63) is 22.7 Å². The zero-order valence-corrected chi connectivity index (χ0v) is 21.5. The molecule has 0 amide bonds. The Bertz CT molecular complexity index is 386. The van der Waals surface area contributed by atoms with Gasteiger partial charge >= 0.3 is 0 Å². The van der Waals surface area contributed by atoms with E-state index in [0.717, 1.165) is 50.0 Å². The molecule has 30 heavy (non-hydrogen) atoms. The summed E-state index contributed by atoms with van der Waals surface area (Å²) in [5.74, 6) is 2.27. The molecule has 0 spiro atoms. The van der Waals surface area contributed by atoms with Gasteiger partial charge in [-0.05, 0) is 75.4 Å². The molecular formula is C28H54O2. The van der Waals surface area contributed by atoms with Crippen LogP contribution in [0.25, 0.3) is 0 Å². The molecule has 0 aromatic heterocycles. The van der Waals surface area contributed by atoms with Gasteiger partial charge in [0.05, 0.1) is 0 Å². The zero-order chi connectivity index (χ0) is 22.5. The van der Waals surface area contributed by atoms with Gasteiger partial charge in [0.15, 0.2) is 11.5 Å². The van der Waals surface area contributed by atoms with E-state index in [2.05, 4.69) is 41.5 Å². The first-order chi connectivity index (χ1) is 14.7. The van der Waals surface area contributed by atoms with E-state index >= 15 is 0 Å². The lowest BCUT2D eigenvalue weighted by atomic mass is 9.99. The summed E-state index contributed by atoms with van der Waals surface area (Å²) >= 11 is 0. The van der Waals surface area contributed by atoms with Crippen LogP contribution in [0.15, 0.2) is 22.7 Å². The number of rotatable bonds is 21. The second-order valence-corrected chi connectivity index (χ2v) is 8.84. The van der Waals surface area contributed by atoms with Gasteiger partial charge in [-0.3, -0.25) is 9.78 Å². The molecular weight excluding hydrogens is 368 g/mol. The highest BCUT2D eigenvalue weighted by Crippen LogP contribution is 2.28. The van der Waals surface area contributed by atoms with E-state index in [9.17, 15) is 0 Å². The van der Waals surface area contributed by atoms with Gasteiger partial charge in [-0.1, -0.05) is 80.1 Å². The van der Waals surface area contributed by atoms with Crippen LogP contribution in [-0.2, 0) is 9.78 Å². The lowest BCUT2D eigenvalue weighted by Gasteiger charge is -2.19. The van der Waals surface area contributed by atoms with Crippen molar-refractivity contribution in [1.29, 1.82) is 0 Å². The summed E-state index contributed by atoms with van der Waals surface area (Å²) in [5.41, 5.74) is 3.01. The number of hydrogen-bond donors (Lipinski definition) is 0. The Hall–Kier alpha value is -0.920. The lowest BCUT2D eigenvalue weighted by molar-refractivity contribution is -0.233. The van der Waals surface area contributed by atoms with E-state index in [0.29, 0.717) is 0 Å². The standard InChI is InChI=1S/C28H54O2/c1-7-13-19-25(20-14-8-2)27(23-17-11-5)29-30-28(24-18-12-6)26(21-15-9-3)22-16-10-4/h7-24H2,1-6H3. The molecule has 0 fully saturated rings. The monoisotopic (exact) mass is 422 g/mol. The summed E-state index contributed by atoms with van der Waals surface area (Å²) in [5, 5.41) is 0. The molecule has 0 aromatic rings. The van der Waals surface area contributed by atoms with Crippen LogP contribution in [0.4, 0.5) is 0 Å². The van der Waals surface area contributed by atoms with Crippen molar-refractivity contribution >= 4 is 0 Å². The van der Waals surface area contributed by atoms with Crippen LogP contribution in [0.1, 0.15) is 157 Å². The third kappa shape index (κ3) is 14.1. The average molecular weight is 423 g/mol. The maximum atomic E-state index is 6.22. The average Bonchev–Trinajstić information content (AvgIpc) is 2.76. The fourth-order valence-corrected chi connectivity index (χ4v) is 3.70. The number of unbranched alkanes of at least 4 members (excludes halogenated alkanes) is 6. The summed E-state index contributed by atoms with van der Waals surface area (Å²) in [7, 11) is 0. The van der Waals surface area contributed by atoms with Crippen LogP contribution < -0.4 is 0 Å². The zero-order valence-electron chi connectivity index (χ0n) is 21.5. The Morgan fingerprint density at radius 1 is 0.367 bits per heavy atom. The highest BCUT2D eigenvalue weighted by Gasteiger charge is 2.14. The van der Waals surface area contributed by atoms with E-state index in [-0.39, 0.29) is 0 Å². The molecule has 0 aromatic carbocycles. The first kappa shape index (κ1) is 29.1. The second kappa shape index (κ2) is 21.3. The van der Waals surface area contributed by atoms with Crippen LogP contribution in [0, 0.1) is 0 Å². The van der Waals surface area contributed by atoms with Crippen LogP contribution >= 0.6 is 0 Å². The highest BCUT2D eigenvalue weighted by molar-refractivity contribution is 5.11. The minimum atomic E-state index is 1.01. The van der Waals surface area contributed by atoms with E-state index in [1.54, 1.807) is 0 Å². The van der Waals surface area contributed by atoms with Gasteiger partial charge in [-0.2, -0.15) is 0 Å². The second-order valence-electron chi connectivity index (χ2n) is 8.84. The summed E-state index contributed by atoms with van der Waals surface area (Å²) in [6.07, 6.45) is 21.3. The molecule has 0 bridgehead atoms. The SMILES string of the molecule is CCCCC(CCCC)=C(CCCC)OOC(CCCC)=C(CCCC)CCCC. The summed E-state index contributed by atoms with van der Waals surface area (Å²) in [6, 6.07) is 0. The maximum absolute atomic E-state index is 6.22. The highest BCUT2D eigenvalue weighted by atomic mass is 17.2. The minimum absolute atomic E-state index is 1.01. The van der Waals surface area contributed by atoms with Gasteiger partial charge in [0.1, 0.15) is 0 Å². The molecule has 178 valence electrons. The largest absolute Gasteiger partial charge is 0.295 e. The summed E-state index contributed by atoms with van der Waals surface area (Å²) in [4.78, 5) is 12.4. The Labute approximate surface area is 189 Å². The van der Waals surface area contributed by atoms with Crippen LogP contribution in [0.3, 0.4) is 0 Å². The first-order valence-corrected chi connectivity index (χ1v) is 13.4. The third-order valence-corrected chi connectivity index (χ3v) is 5.87. The molecule has 0 rings (SSSR count). The molecule has 0 radical (unpaired) electrons. The Balaban J connectivity index is 5.61. The Kier molecular flexibility index (Phi) is 20.7. The minimum Gasteiger partial charge on any atom is -0.295 e. The maximum Gasteiger partial charge on any atom is 0.154 e. The molecule has 0 saturated carbocycles. The van der Waals surface area contributed by atoms with E-state index in [1.165, 1.54) is 88.2 Å². The quantitative estimate of drug-likeness (QED) is 0.104. The van der Waals surface area contributed by atoms with Crippen LogP contribution in [0.5, 0.6) is 0 Å². The number of allylic oxidation sites excluding steroid dienone is 4. The predicted molar refractivity (Wildman–Crippen MR) is 133 cm³/mol. The molecule has 2 heteroatoms. The number of hydrogen-bond acceptors (Lipinski definition) is 2. The van der Waals surface area contributed by atoms with Crippen molar-refractivity contribution in [3.8, 4) is 0 Å². The van der Waals surface area contributed by atoms with Gasteiger partial charge in [0, 0.05) is 12.8 Å². The Morgan fingerprint density at radius 2 is 0.600 bits per heavy atom. The molecule has 0 aliphatic rings. The third-order valence-electron chi connectivity index (χ3n) is 5.87. The molecule has 0 atom stereocenters. The van der Waals surface area contributed by atoms with Crippen molar-refractivity contribution < 1.29 is 9.78 Å². The van der Waals surface area contributed by atoms with Gasteiger partial charge in [-0.15, -0.1) is 0 Å². The van der Waals surface area contributed by atoms with Crippen molar-refractivity contribution in [2.75, 3.05) is 0 Å². The van der Waals surface area contributed by atoms with Crippen molar-refractivity contribution in [2.24, 2.45) is 0 Å². The fraction of sp³-hybridized carbons (Fsp3) is 0.857. The predicted octanol–water partition coefficient (Wildman–Crippen LogP) is 10.6. The van der Waals surface area contributed by atoms with E-state index in [4.69, 9.17) is 9.78 Å². The molecule has 2 nitrogen and oxygen atoms in total. The normalized spacial score (nSPS) is 10.7. The van der Waals surface area contributed by atoms with E-state index in [1.807, 2.05) is 0 Å². The molecule has 0 unspecified atom stereocenters. The van der Waals surface area contributed by atoms with Gasteiger partial charge in [0.2, 0.25) is 0 Å². The van der Waals surface area contributed by atoms with Gasteiger partial charge in [0.25, 0.3) is 0 Å². The topological polar surface area (TPSA) is 18.5 Å². The van der Waals surface area contributed by atoms with Crippen LogP contribution in [0.2, 0.25) is 0 Å². The lowest BCUT2D eigenvalue weighted by Crippen LogP contribution is -2.04. The molecule has 0 N–H and O–H groups in total. The van der Waals surface area contributed by atoms with Crippen molar-refractivity contribution in [1.82, 2.24) is 0 Å². The molecule has 0 aliphatic carbocycles. The van der Waals surface area contributed by atoms with Crippen LogP contribution in [-0.4, -0.2) is 0 Å². The summed E-state index contributed by atoms with van der Waals surface area (Å²) in [6.45, 7) is 13.6. The van der Waals surface area contributed by atoms with Gasteiger partial charge < -0.3 is 0 Å². The molecule has 0 aliphatic heterocycles. The Morgan fingerprint density at radius 3 is 0.833 bits per heavy atom. The first-order valence-electron chi connectivity index (χ1n) is 13.4. The van der Waals surface area contributed by atoms with E-state index < -0.39 is 0 Å². The summed E-state index contributed by atoms with van der Waals surface area (Å²) < 4.78 is 0. The van der Waals surface area contributed by atoms with Gasteiger partial charge in [-0.25, -0.2) is 0 Å². The fourth-order valence-electron chi connectivity index (χ4n) is 3.70. The smallest absolute Gasteiger partial charge is 0.154 e. The molecule has 0 heterocycles.